The van der Waals surface area contributed by atoms with Crippen LogP contribution in [0.4, 0.5) is 0 Å². The van der Waals surface area contributed by atoms with Gasteiger partial charge in [0.1, 0.15) is 0 Å². The van der Waals surface area contributed by atoms with Gasteiger partial charge in [0, 0.05) is 0 Å². The van der Waals surface area contributed by atoms with Gasteiger partial charge in [0.25, 0.3) is 0 Å². The smallest absolute Gasteiger partial charge is 0.222 e. The Morgan fingerprint density at radius 1 is 0.382 bits per heavy atom. The van der Waals surface area contributed by atoms with Crippen molar-refractivity contribution in [3.63, 3.8) is 0 Å². The minimum absolute atomic E-state index is 0.00631. The first kappa shape index (κ1) is 66.3. The third kappa shape index (κ3) is 53.7. The van der Waals surface area contributed by atoms with E-state index in [-0.39, 0.29) is 18.9 Å². The number of nitrogens with one attached hydrogen (secondary N) is 1. The third-order valence-electron chi connectivity index (χ3n) is 14.1. The lowest BCUT2D eigenvalue weighted by Gasteiger charge is -2.21. The Bertz CT molecular complexity index is 1100. The summed E-state index contributed by atoms with van der Waals surface area (Å²) in [5.74, 6) is -0.322. The summed E-state index contributed by atoms with van der Waals surface area (Å²) in [5, 5.41) is 33.4. The van der Waals surface area contributed by atoms with E-state index >= 15 is 0 Å². The highest BCUT2D eigenvalue weighted by molar-refractivity contribution is 5.76. The number of unbranched alkanes of at least 4 members (excludes halogenated alkanes) is 41. The van der Waals surface area contributed by atoms with E-state index in [1.54, 1.807) is 6.08 Å². The van der Waals surface area contributed by atoms with Crippen LogP contribution in [0.25, 0.3) is 0 Å². The molecule has 4 N–H and O–H groups in total. The highest BCUT2D eigenvalue weighted by Gasteiger charge is 2.20. The summed E-state index contributed by atoms with van der Waals surface area (Å²) >= 11 is 0. The molecule has 0 fully saturated rings. The number of aliphatic hydroxyl groups excluding tert-OH is 3. The van der Waals surface area contributed by atoms with Crippen LogP contribution in [-0.4, -0.2) is 46.1 Å². The molecule has 0 rings (SSSR count). The van der Waals surface area contributed by atoms with Crippen molar-refractivity contribution in [1.29, 1.82) is 0 Å². The summed E-state index contributed by atoms with van der Waals surface area (Å²) in [6, 6.07) is -0.762. The van der Waals surface area contributed by atoms with Crippen LogP contribution in [0.15, 0.2) is 48.6 Å². The Balaban J connectivity index is 3.54. The van der Waals surface area contributed by atoms with E-state index in [9.17, 15) is 20.1 Å². The molecule has 0 heterocycles. The summed E-state index contributed by atoms with van der Waals surface area (Å²) in [5.41, 5.74) is 0. The number of allylic oxidation sites excluding steroid dienone is 7. The van der Waals surface area contributed by atoms with E-state index in [2.05, 4.69) is 55.6 Å². The molecule has 0 aromatic rings. The fourth-order valence-electron chi connectivity index (χ4n) is 9.45. The summed E-state index contributed by atoms with van der Waals surface area (Å²) in [7, 11) is 0. The highest BCUT2D eigenvalue weighted by Crippen LogP contribution is 2.17. The number of amides is 1. The zero-order valence-corrected chi connectivity index (χ0v) is 45.7. The Morgan fingerprint density at radius 2 is 0.676 bits per heavy atom. The molecule has 0 radical (unpaired) electrons. The Hall–Kier alpha value is -1.69. The van der Waals surface area contributed by atoms with E-state index in [0.717, 1.165) is 38.5 Å². The molecule has 0 aromatic carbocycles. The van der Waals surface area contributed by atoms with E-state index in [4.69, 9.17) is 0 Å². The van der Waals surface area contributed by atoms with Crippen molar-refractivity contribution >= 4 is 5.91 Å². The average molecular weight is 955 g/mol. The van der Waals surface area contributed by atoms with Crippen LogP contribution < -0.4 is 5.32 Å². The van der Waals surface area contributed by atoms with Gasteiger partial charge >= 0.3 is 0 Å². The van der Waals surface area contributed by atoms with E-state index in [1.165, 1.54) is 257 Å². The maximum Gasteiger partial charge on any atom is 0.222 e. The van der Waals surface area contributed by atoms with Gasteiger partial charge < -0.3 is 20.6 Å². The first-order chi connectivity index (χ1) is 33.5. The predicted molar refractivity (Wildman–Crippen MR) is 301 cm³/mol. The van der Waals surface area contributed by atoms with Gasteiger partial charge in [0.15, 0.2) is 0 Å². The molecule has 3 unspecified atom stereocenters. The molecule has 68 heavy (non-hydrogen) atoms. The topological polar surface area (TPSA) is 89.8 Å². The molecule has 0 aromatic heterocycles. The second-order valence-electron chi connectivity index (χ2n) is 21.0. The van der Waals surface area contributed by atoms with Crippen molar-refractivity contribution in [3.05, 3.63) is 48.6 Å². The van der Waals surface area contributed by atoms with E-state index in [1.807, 2.05) is 6.08 Å². The Labute approximate surface area is 425 Å². The number of aliphatic hydroxyl groups is 3. The predicted octanol–water partition coefficient (Wildman–Crippen LogP) is 19.2. The monoisotopic (exact) mass is 954 g/mol. The van der Waals surface area contributed by atoms with Crippen molar-refractivity contribution in [2.75, 3.05) is 6.61 Å². The van der Waals surface area contributed by atoms with Crippen LogP contribution in [-0.2, 0) is 4.79 Å². The SMILES string of the molecule is CCCCCCCCCCCCCC/C=C/CC/C=C/C(O)C(CO)NC(=O)CC(O)CCCCCCCCCCCCCCCCC/C=C\C/C=C\CCCCCCCCCCCCCCC. The minimum atomic E-state index is -0.953. The minimum Gasteiger partial charge on any atom is -0.394 e. The molecule has 400 valence electrons. The zero-order chi connectivity index (χ0) is 49.3. The molecule has 0 bridgehead atoms. The van der Waals surface area contributed by atoms with Gasteiger partial charge in [-0.25, -0.2) is 0 Å². The Morgan fingerprint density at radius 3 is 1.03 bits per heavy atom. The quantitative estimate of drug-likeness (QED) is 0.0361. The van der Waals surface area contributed by atoms with Crippen molar-refractivity contribution in [1.82, 2.24) is 5.32 Å². The summed E-state index contributed by atoms with van der Waals surface area (Å²) in [6.45, 7) is 4.23. The number of rotatable bonds is 56. The van der Waals surface area contributed by atoms with Gasteiger partial charge in [-0.15, -0.1) is 0 Å². The van der Waals surface area contributed by atoms with Crippen LogP contribution >= 0.6 is 0 Å². The van der Waals surface area contributed by atoms with Gasteiger partial charge in [-0.05, 0) is 64.2 Å². The highest BCUT2D eigenvalue weighted by atomic mass is 16.3. The summed E-state index contributed by atoms with van der Waals surface area (Å²) < 4.78 is 0. The van der Waals surface area contributed by atoms with Gasteiger partial charge in [-0.2, -0.15) is 0 Å². The molecular weight excluding hydrogens is 835 g/mol. The molecule has 0 aliphatic heterocycles. The van der Waals surface area contributed by atoms with E-state index in [0.29, 0.717) is 6.42 Å². The molecule has 0 aliphatic rings. The lowest BCUT2D eigenvalue weighted by atomic mass is 10.0. The van der Waals surface area contributed by atoms with Crippen LogP contribution in [0.1, 0.15) is 322 Å². The first-order valence-corrected chi connectivity index (χ1v) is 30.4. The summed E-state index contributed by atoms with van der Waals surface area (Å²) in [6.07, 6.45) is 77.6. The van der Waals surface area contributed by atoms with Gasteiger partial charge in [0.05, 0.1) is 31.3 Å². The maximum atomic E-state index is 12.5. The van der Waals surface area contributed by atoms with Crippen molar-refractivity contribution < 1.29 is 20.1 Å². The number of hydrogen-bond acceptors (Lipinski definition) is 4. The standard InChI is InChI=1S/C63H119NO4/c1-3-5-7-9-11-13-15-17-19-21-23-24-25-26-27-28-29-30-31-32-33-34-35-36-37-38-39-40-42-44-46-48-50-52-54-56-60(66)58-63(68)64-61(59-65)62(67)57-55-53-51-49-47-45-43-41-22-20-18-16-14-12-10-8-6-4-2/h27-28,30-31,47,49,55,57,60-62,65-67H,3-26,29,32-46,48,50-54,56,58-59H2,1-2H3,(H,64,68)/b28-27-,31-30-,49-47+,57-55+. The molecule has 0 saturated heterocycles. The number of hydrogen-bond donors (Lipinski definition) is 4. The van der Waals surface area contributed by atoms with Gasteiger partial charge in [-0.3, -0.25) is 4.79 Å². The molecule has 0 aliphatic carbocycles. The number of carbonyl (C=O) groups is 1. The van der Waals surface area contributed by atoms with Crippen molar-refractivity contribution in [3.8, 4) is 0 Å². The summed E-state index contributed by atoms with van der Waals surface area (Å²) in [4.78, 5) is 12.5. The molecule has 0 spiro atoms. The lowest BCUT2D eigenvalue weighted by Crippen LogP contribution is -2.45. The third-order valence-corrected chi connectivity index (χ3v) is 14.1. The van der Waals surface area contributed by atoms with Gasteiger partial charge in [-0.1, -0.05) is 300 Å². The Kier molecular flexibility index (Phi) is 56.4. The fourth-order valence-corrected chi connectivity index (χ4v) is 9.45. The second-order valence-corrected chi connectivity index (χ2v) is 21.0. The van der Waals surface area contributed by atoms with Gasteiger partial charge in [0.2, 0.25) is 5.91 Å². The lowest BCUT2D eigenvalue weighted by molar-refractivity contribution is -0.124. The van der Waals surface area contributed by atoms with Crippen LogP contribution in [0.3, 0.4) is 0 Å². The zero-order valence-electron chi connectivity index (χ0n) is 45.7. The number of carbonyl (C=O) groups excluding carboxylic acids is 1. The van der Waals surface area contributed by atoms with Crippen LogP contribution in [0.2, 0.25) is 0 Å². The van der Waals surface area contributed by atoms with Crippen LogP contribution in [0.5, 0.6) is 0 Å². The molecule has 0 saturated carbocycles. The maximum absolute atomic E-state index is 12.5. The average Bonchev–Trinajstić information content (AvgIpc) is 3.33. The first-order valence-electron chi connectivity index (χ1n) is 30.4. The van der Waals surface area contributed by atoms with Crippen molar-refractivity contribution in [2.45, 2.75) is 340 Å². The van der Waals surface area contributed by atoms with Crippen molar-refractivity contribution in [2.24, 2.45) is 0 Å². The molecule has 1 amide bonds. The second kappa shape index (κ2) is 57.9. The molecule has 3 atom stereocenters. The molecule has 5 heteroatoms. The normalized spacial score (nSPS) is 13.5. The van der Waals surface area contributed by atoms with E-state index < -0.39 is 18.2 Å². The van der Waals surface area contributed by atoms with Crippen LogP contribution in [0, 0.1) is 0 Å². The molecule has 5 nitrogen and oxygen atoms in total. The largest absolute Gasteiger partial charge is 0.394 e. The fraction of sp³-hybridized carbons (Fsp3) is 0.857. The molecular formula is C63H119NO4.